The van der Waals surface area contributed by atoms with Crippen molar-refractivity contribution in [3.8, 4) is 6.07 Å². The van der Waals surface area contributed by atoms with Crippen LogP contribution in [0.15, 0.2) is 6.07 Å². The Kier molecular flexibility index (Phi) is 4.89. The van der Waals surface area contributed by atoms with Crippen molar-refractivity contribution >= 4 is 24.9 Å². The Morgan fingerprint density at radius 3 is 2.11 bits per heavy atom. The molecule has 0 saturated heterocycles. The van der Waals surface area contributed by atoms with Gasteiger partial charge in [-0.1, -0.05) is 50.5 Å². The highest BCUT2D eigenvalue weighted by atomic mass is 35.5. The van der Waals surface area contributed by atoms with E-state index in [-0.39, 0.29) is 15.8 Å². The lowest BCUT2D eigenvalue weighted by atomic mass is 10.2. The van der Waals surface area contributed by atoms with Gasteiger partial charge >= 0.3 is 0 Å². The number of rotatable bonds is 4. The summed E-state index contributed by atoms with van der Waals surface area (Å²) in [6, 6.07) is 5.05. The maximum absolute atomic E-state index is 14.3. The third kappa shape index (κ3) is 2.30. The Balaban J connectivity index is 3.64. The fourth-order valence-electron chi connectivity index (χ4n) is 2.46. The molecule has 0 amide bonds. The first-order valence-electron chi connectivity index (χ1n) is 6.05. The molecule has 0 aliphatic rings. The van der Waals surface area contributed by atoms with Crippen molar-refractivity contribution in [2.24, 2.45) is 0 Å². The summed E-state index contributed by atoms with van der Waals surface area (Å²) in [5.74, 6) is -1.35. The SMILES string of the molecule is CC[Si](CC)(CC)c1c(F)cc(Cl)c(C#N)c1F. The van der Waals surface area contributed by atoms with Crippen molar-refractivity contribution < 1.29 is 8.78 Å². The Labute approximate surface area is 112 Å². The minimum Gasteiger partial charge on any atom is -0.207 e. The van der Waals surface area contributed by atoms with Crippen molar-refractivity contribution in [3.05, 3.63) is 28.3 Å². The van der Waals surface area contributed by atoms with E-state index in [1.807, 2.05) is 20.8 Å². The van der Waals surface area contributed by atoms with Gasteiger partial charge in [0.25, 0.3) is 0 Å². The predicted octanol–water partition coefficient (Wildman–Crippen LogP) is 4.21. The lowest BCUT2D eigenvalue weighted by Gasteiger charge is -2.29. The van der Waals surface area contributed by atoms with Crippen molar-refractivity contribution in [1.82, 2.24) is 0 Å². The third-order valence-electron chi connectivity index (χ3n) is 3.84. The van der Waals surface area contributed by atoms with Crippen molar-refractivity contribution in [2.75, 3.05) is 0 Å². The molecule has 0 radical (unpaired) electrons. The number of nitrogens with zero attached hydrogens (tertiary/aromatic N) is 1. The van der Waals surface area contributed by atoms with Crippen LogP contribution in [-0.2, 0) is 0 Å². The smallest absolute Gasteiger partial charge is 0.144 e. The van der Waals surface area contributed by atoms with Gasteiger partial charge < -0.3 is 0 Å². The normalized spacial score (nSPS) is 11.4. The fraction of sp³-hybridized carbons (Fsp3) is 0.462. The van der Waals surface area contributed by atoms with Gasteiger partial charge in [0.1, 0.15) is 23.3 Å². The summed E-state index contributed by atoms with van der Waals surface area (Å²) in [5, 5.41) is 8.90. The zero-order valence-electron chi connectivity index (χ0n) is 10.8. The summed E-state index contributed by atoms with van der Waals surface area (Å²) in [7, 11) is -2.21. The first-order chi connectivity index (χ1) is 8.47. The van der Waals surface area contributed by atoms with E-state index < -0.39 is 19.7 Å². The van der Waals surface area contributed by atoms with E-state index in [1.54, 1.807) is 6.07 Å². The van der Waals surface area contributed by atoms with Crippen molar-refractivity contribution in [3.63, 3.8) is 0 Å². The highest BCUT2D eigenvalue weighted by Crippen LogP contribution is 2.27. The quantitative estimate of drug-likeness (QED) is 0.761. The van der Waals surface area contributed by atoms with E-state index in [0.717, 1.165) is 24.2 Å². The van der Waals surface area contributed by atoms with Gasteiger partial charge in [-0.05, 0) is 6.07 Å². The van der Waals surface area contributed by atoms with Crippen LogP contribution < -0.4 is 5.19 Å². The third-order valence-corrected chi connectivity index (χ3v) is 9.72. The van der Waals surface area contributed by atoms with Crippen LogP contribution in [0, 0.1) is 23.0 Å². The molecule has 18 heavy (non-hydrogen) atoms. The molecule has 0 N–H and O–H groups in total. The minimum atomic E-state index is -2.21. The molecule has 0 unspecified atom stereocenters. The number of hydrogen-bond acceptors (Lipinski definition) is 1. The monoisotopic (exact) mass is 287 g/mol. The number of benzene rings is 1. The summed E-state index contributed by atoms with van der Waals surface area (Å²) >= 11 is 5.70. The average Bonchev–Trinajstić information content (AvgIpc) is 2.35. The Hall–Kier alpha value is -0.923. The molecule has 0 aliphatic carbocycles. The molecular weight excluding hydrogens is 272 g/mol. The zero-order chi connectivity index (χ0) is 13.9. The van der Waals surface area contributed by atoms with Crippen LogP contribution in [0.5, 0.6) is 0 Å². The molecule has 1 aromatic carbocycles. The van der Waals surface area contributed by atoms with E-state index in [4.69, 9.17) is 16.9 Å². The molecule has 98 valence electrons. The summed E-state index contributed by atoms with van der Waals surface area (Å²) in [6.45, 7) is 5.87. The molecule has 0 saturated carbocycles. The van der Waals surface area contributed by atoms with Crippen LogP contribution in [0.1, 0.15) is 26.3 Å². The largest absolute Gasteiger partial charge is 0.207 e. The summed E-state index contributed by atoms with van der Waals surface area (Å²) in [6.07, 6.45) is 0. The van der Waals surface area contributed by atoms with Crippen LogP contribution in [0.3, 0.4) is 0 Å². The van der Waals surface area contributed by atoms with E-state index >= 15 is 0 Å². The molecule has 0 aromatic heterocycles. The van der Waals surface area contributed by atoms with Gasteiger partial charge in [0.05, 0.1) is 13.1 Å². The minimum absolute atomic E-state index is 0.135. The summed E-state index contributed by atoms with van der Waals surface area (Å²) in [4.78, 5) is 0. The van der Waals surface area contributed by atoms with E-state index in [9.17, 15) is 8.78 Å². The Morgan fingerprint density at radius 1 is 1.22 bits per heavy atom. The second-order valence-electron chi connectivity index (χ2n) is 4.36. The van der Waals surface area contributed by atoms with Crippen LogP contribution in [-0.4, -0.2) is 8.07 Å². The molecule has 1 rings (SSSR count). The van der Waals surface area contributed by atoms with Gasteiger partial charge in [-0.25, -0.2) is 8.78 Å². The fourth-order valence-corrected chi connectivity index (χ4v) is 6.41. The van der Waals surface area contributed by atoms with Gasteiger partial charge in [-0.3, -0.25) is 0 Å². The van der Waals surface area contributed by atoms with Crippen LogP contribution in [0.2, 0.25) is 23.2 Å². The molecule has 0 heterocycles. The number of hydrogen-bond donors (Lipinski definition) is 0. The van der Waals surface area contributed by atoms with Gasteiger partial charge in [-0.15, -0.1) is 0 Å². The molecule has 5 heteroatoms. The average molecular weight is 288 g/mol. The van der Waals surface area contributed by atoms with E-state index in [2.05, 4.69) is 0 Å². The maximum atomic E-state index is 14.3. The molecule has 0 bridgehead atoms. The van der Waals surface area contributed by atoms with Crippen molar-refractivity contribution in [2.45, 2.75) is 38.9 Å². The molecule has 0 fully saturated rings. The number of nitriles is 1. The van der Waals surface area contributed by atoms with Crippen LogP contribution >= 0.6 is 11.6 Å². The molecule has 0 aliphatic heterocycles. The highest BCUT2D eigenvalue weighted by Gasteiger charge is 2.36. The van der Waals surface area contributed by atoms with Crippen LogP contribution in [0.4, 0.5) is 8.78 Å². The zero-order valence-corrected chi connectivity index (χ0v) is 12.5. The second kappa shape index (κ2) is 5.81. The van der Waals surface area contributed by atoms with Gasteiger partial charge in [0, 0.05) is 5.19 Å². The van der Waals surface area contributed by atoms with E-state index in [1.165, 1.54) is 0 Å². The standard InChI is InChI=1S/C13H16ClF2NSi/c1-4-18(5-2,6-3)13-11(15)7-10(14)9(8-17)12(13)16/h7H,4-6H2,1-3H3. The molecule has 1 nitrogen and oxygen atoms in total. The Morgan fingerprint density at radius 2 is 1.72 bits per heavy atom. The summed E-state index contributed by atoms with van der Waals surface area (Å²) < 4.78 is 28.4. The predicted molar refractivity (Wildman–Crippen MR) is 72.9 cm³/mol. The van der Waals surface area contributed by atoms with Gasteiger partial charge in [0.2, 0.25) is 0 Å². The van der Waals surface area contributed by atoms with Gasteiger partial charge in [0.15, 0.2) is 0 Å². The lowest BCUT2D eigenvalue weighted by Crippen LogP contribution is -2.49. The maximum Gasteiger partial charge on any atom is 0.144 e. The van der Waals surface area contributed by atoms with Crippen molar-refractivity contribution in [1.29, 1.82) is 5.26 Å². The topological polar surface area (TPSA) is 23.8 Å². The van der Waals surface area contributed by atoms with E-state index in [0.29, 0.717) is 0 Å². The highest BCUT2D eigenvalue weighted by molar-refractivity contribution is 6.91. The summed E-state index contributed by atoms with van der Waals surface area (Å²) in [5.41, 5.74) is -0.236. The Bertz CT molecular complexity index is 484. The first-order valence-corrected chi connectivity index (χ1v) is 9.05. The number of halogens is 3. The first kappa shape index (κ1) is 15.1. The molecular formula is C13H16ClF2NSi. The second-order valence-corrected chi connectivity index (χ2v) is 9.95. The molecule has 0 atom stereocenters. The van der Waals surface area contributed by atoms with Crippen LogP contribution in [0.25, 0.3) is 0 Å². The molecule has 0 spiro atoms. The molecule has 1 aromatic rings. The van der Waals surface area contributed by atoms with Gasteiger partial charge in [-0.2, -0.15) is 5.26 Å². The lowest BCUT2D eigenvalue weighted by molar-refractivity contribution is 0.593.